The van der Waals surface area contributed by atoms with Crippen molar-refractivity contribution in [3.05, 3.63) is 23.8 Å². The molecule has 0 spiro atoms. The first-order valence-corrected chi connectivity index (χ1v) is 8.27. The van der Waals surface area contributed by atoms with Gasteiger partial charge in [-0.25, -0.2) is 0 Å². The lowest BCUT2D eigenvalue weighted by Gasteiger charge is -2.30. The van der Waals surface area contributed by atoms with Crippen LogP contribution in [0, 0.1) is 5.41 Å². The normalized spacial score (nSPS) is 22.0. The number of hydrogen-bond acceptors (Lipinski definition) is 2. The van der Waals surface area contributed by atoms with E-state index in [1.54, 1.807) is 0 Å². The van der Waals surface area contributed by atoms with Gasteiger partial charge in [-0.2, -0.15) is 0 Å². The predicted octanol–water partition coefficient (Wildman–Crippen LogP) is 3.98. The number of alkyl halides is 1. The largest absolute Gasteiger partial charge is 0.324 e. The van der Waals surface area contributed by atoms with Gasteiger partial charge in [0.1, 0.15) is 6.42 Å². The molecule has 2 amide bonds. The van der Waals surface area contributed by atoms with Crippen molar-refractivity contribution in [1.82, 2.24) is 0 Å². The molecule has 2 aliphatic rings. The van der Waals surface area contributed by atoms with Crippen molar-refractivity contribution in [3.8, 4) is 0 Å². The van der Waals surface area contributed by atoms with Crippen LogP contribution >= 0.6 is 15.9 Å². The molecule has 1 aliphatic carbocycles. The molecule has 2 N–H and O–H groups in total. The van der Waals surface area contributed by atoms with Gasteiger partial charge in [0, 0.05) is 4.83 Å². The van der Waals surface area contributed by atoms with Gasteiger partial charge >= 0.3 is 0 Å². The van der Waals surface area contributed by atoms with E-state index in [1.807, 2.05) is 18.2 Å². The number of halogens is 1. The van der Waals surface area contributed by atoms with Crippen molar-refractivity contribution < 1.29 is 9.59 Å². The lowest BCUT2D eigenvalue weighted by Crippen LogP contribution is -2.18. The van der Waals surface area contributed by atoms with Gasteiger partial charge in [0.15, 0.2) is 0 Å². The van der Waals surface area contributed by atoms with Crippen LogP contribution in [0.15, 0.2) is 18.2 Å². The van der Waals surface area contributed by atoms with E-state index < -0.39 is 0 Å². The SMILES string of the molecule is CC1(C(Br)c2ccc3c(c2)NC(=O)CC(=O)N3)CCCC1. The Morgan fingerprint density at radius 2 is 1.71 bits per heavy atom. The summed E-state index contributed by atoms with van der Waals surface area (Å²) in [4.78, 5) is 23.5. The molecule has 1 aromatic carbocycles. The monoisotopic (exact) mass is 350 g/mol. The minimum absolute atomic E-state index is 0.126. The fourth-order valence-corrected chi connectivity index (χ4v) is 4.05. The van der Waals surface area contributed by atoms with E-state index in [2.05, 4.69) is 33.5 Å². The second kappa shape index (κ2) is 5.44. The maximum atomic E-state index is 11.7. The quantitative estimate of drug-likeness (QED) is 0.625. The first-order chi connectivity index (χ1) is 9.98. The number of benzene rings is 1. The van der Waals surface area contributed by atoms with Crippen molar-refractivity contribution in [1.29, 1.82) is 0 Å². The van der Waals surface area contributed by atoms with Gasteiger partial charge in [-0.15, -0.1) is 0 Å². The van der Waals surface area contributed by atoms with Crippen molar-refractivity contribution >= 4 is 39.1 Å². The maximum absolute atomic E-state index is 11.7. The van der Waals surface area contributed by atoms with Crippen LogP contribution in [0.4, 0.5) is 11.4 Å². The molecular formula is C16H19BrN2O2. The molecule has 1 saturated carbocycles. The number of hydrogen-bond donors (Lipinski definition) is 2. The summed E-state index contributed by atoms with van der Waals surface area (Å²) in [6.45, 7) is 2.31. The summed E-state index contributed by atoms with van der Waals surface area (Å²) < 4.78 is 0. The van der Waals surface area contributed by atoms with Crippen LogP contribution in [0.2, 0.25) is 0 Å². The first kappa shape index (κ1) is 14.6. The van der Waals surface area contributed by atoms with Gasteiger partial charge in [-0.3, -0.25) is 9.59 Å². The Balaban J connectivity index is 1.92. The number of carbonyl (C=O) groups excluding carboxylic acids is 2. The van der Waals surface area contributed by atoms with E-state index in [1.165, 1.54) is 25.7 Å². The molecule has 1 atom stereocenters. The van der Waals surface area contributed by atoms with E-state index in [0.29, 0.717) is 11.4 Å². The van der Waals surface area contributed by atoms with Crippen molar-refractivity contribution in [2.75, 3.05) is 10.6 Å². The third kappa shape index (κ3) is 2.84. The fraction of sp³-hybridized carbons (Fsp3) is 0.500. The zero-order valence-electron chi connectivity index (χ0n) is 12.0. The smallest absolute Gasteiger partial charge is 0.233 e. The molecule has 3 rings (SSSR count). The summed E-state index contributed by atoms with van der Waals surface area (Å²) in [5, 5.41) is 5.57. The molecular weight excluding hydrogens is 332 g/mol. The Hall–Kier alpha value is -1.36. The lowest BCUT2D eigenvalue weighted by molar-refractivity contribution is -0.123. The van der Waals surface area contributed by atoms with Gasteiger partial charge < -0.3 is 10.6 Å². The third-order valence-electron chi connectivity index (χ3n) is 4.56. The highest BCUT2D eigenvalue weighted by atomic mass is 79.9. The summed E-state index contributed by atoms with van der Waals surface area (Å²) in [5.41, 5.74) is 2.77. The average Bonchev–Trinajstić information content (AvgIpc) is 2.81. The average molecular weight is 351 g/mol. The minimum atomic E-state index is -0.267. The third-order valence-corrected chi connectivity index (χ3v) is 6.20. The number of fused-ring (bicyclic) bond motifs is 1. The molecule has 1 aromatic rings. The van der Waals surface area contributed by atoms with E-state index in [9.17, 15) is 9.59 Å². The molecule has 0 saturated heterocycles. The highest BCUT2D eigenvalue weighted by molar-refractivity contribution is 9.09. The molecule has 0 bridgehead atoms. The number of carbonyl (C=O) groups is 2. The van der Waals surface area contributed by atoms with Gasteiger partial charge in [-0.1, -0.05) is 41.8 Å². The van der Waals surface area contributed by atoms with Gasteiger partial charge in [0.05, 0.1) is 11.4 Å². The molecule has 0 radical (unpaired) electrons. The summed E-state index contributed by atoms with van der Waals surface area (Å²) in [5.74, 6) is -0.529. The Labute approximate surface area is 132 Å². The van der Waals surface area contributed by atoms with Crippen LogP contribution in [0.3, 0.4) is 0 Å². The summed E-state index contributed by atoms with van der Waals surface area (Å²) in [7, 11) is 0. The number of rotatable bonds is 2. The van der Waals surface area contributed by atoms with Crippen LogP contribution in [0.1, 0.15) is 49.4 Å². The summed E-state index contributed by atoms with van der Waals surface area (Å²) in [6, 6.07) is 5.88. The topological polar surface area (TPSA) is 58.2 Å². The van der Waals surface area contributed by atoms with Gasteiger partial charge in [0.2, 0.25) is 11.8 Å². The molecule has 1 aliphatic heterocycles. The molecule has 5 heteroatoms. The Morgan fingerprint density at radius 3 is 2.38 bits per heavy atom. The Morgan fingerprint density at radius 1 is 1.10 bits per heavy atom. The van der Waals surface area contributed by atoms with E-state index in [0.717, 1.165) is 5.56 Å². The zero-order chi connectivity index (χ0) is 15.0. The second-order valence-corrected chi connectivity index (χ2v) is 7.22. The Bertz CT molecular complexity index is 594. The Kier molecular flexibility index (Phi) is 3.78. The standard InChI is InChI=1S/C16H19BrN2O2/c1-16(6-2-3-7-16)15(17)10-4-5-11-12(8-10)19-14(21)9-13(20)18-11/h4-5,8,15H,2-3,6-7,9H2,1H3,(H,18,20)(H,19,21). The molecule has 1 heterocycles. The van der Waals surface area contributed by atoms with Crippen LogP contribution in [-0.2, 0) is 9.59 Å². The first-order valence-electron chi connectivity index (χ1n) is 7.36. The van der Waals surface area contributed by atoms with Crippen LogP contribution in [0.25, 0.3) is 0 Å². The van der Waals surface area contributed by atoms with Crippen molar-refractivity contribution in [2.24, 2.45) is 5.41 Å². The van der Waals surface area contributed by atoms with Crippen LogP contribution in [-0.4, -0.2) is 11.8 Å². The van der Waals surface area contributed by atoms with Crippen LogP contribution in [0.5, 0.6) is 0 Å². The molecule has 4 nitrogen and oxygen atoms in total. The number of nitrogens with one attached hydrogen (secondary N) is 2. The van der Waals surface area contributed by atoms with E-state index >= 15 is 0 Å². The summed E-state index contributed by atoms with van der Waals surface area (Å²) in [6.07, 6.45) is 4.85. The van der Waals surface area contributed by atoms with E-state index in [-0.39, 0.29) is 28.5 Å². The number of amides is 2. The lowest BCUT2D eigenvalue weighted by atomic mass is 9.82. The van der Waals surface area contributed by atoms with Crippen LogP contribution < -0.4 is 10.6 Å². The zero-order valence-corrected chi connectivity index (χ0v) is 13.6. The summed E-state index contributed by atoms with van der Waals surface area (Å²) >= 11 is 3.84. The fourth-order valence-electron chi connectivity index (χ4n) is 3.31. The molecule has 21 heavy (non-hydrogen) atoms. The molecule has 1 unspecified atom stereocenters. The highest BCUT2D eigenvalue weighted by Crippen LogP contribution is 2.52. The number of anilines is 2. The molecule has 1 fully saturated rings. The molecule has 0 aromatic heterocycles. The predicted molar refractivity (Wildman–Crippen MR) is 86.6 cm³/mol. The van der Waals surface area contributed by atoms with E-state index in [4.69, 9.17) is 0 Å². The van der Waals surface area contributed by atoms with Crippen molar-refractivity contribution in [2.45, 2.75) is 43.9 Å². The van der Waals surface area contributed by atoms with Crippen molar-refractivity contribution in [3.63, 3.8) is 0 Å². The van der Waals surface area contributed by atoms with Gasteiger partial charge in [-0.05, 0) is 36.0 Å². The minimum Gasteiger partial charge on any atom is -0.324 e. The maximum Gasteiger partial charge on any atom is 0.233 e. The van der Waals surface area contributed by atoms with Gasteiger partial charge in [0.25, 0.3) is 0 Å². The molecule has 112 valence electrons. The second-order valence-electron chi connectivity index (χ2n) is 6.30. The highest BCUT2D eigenvalue weighted by Gasteiger charge is 2.36.